The molecule has 1 N–H and O–H groups in total. The van der Waals surface area contributed by atoms with E-state index in [-0.39, 0.29) is 0 Å². The predicted octanol–water partition coefficient (Wildman–Crippen LogP) is 1.33. The SMILES string of the molecule is CNC(=S)C(C#N)=C1C=CN(C)C=C1. The standard InChI is InChI=1S/C10H11N3S/c1-12-10(14)9(7-11)8-3-5-13(2)6-4-8/h3-6H,1-2H3,(H,12,14). The van der Waals surface area contributed by atoms with Crippen LogP contribution in [0.15, 0.2) is 35.7 Å². The Morgan fingerprint density at radius 3 is 2.50 bits per heavy atom. The Morgan fingerprint density at radius 2 is 2.07 bits per heavy atom. The highest BCUT2D eigenvalue weighted by atomic mass is 32.1. The highest BCUT2D eigenvalue weighted by molar-refractivity contribution is 7.80. The molecule has 0 amide bonds. The second-order valence-corrected chi connectivity index (χ2v) is 3.23. The molecule has 0 unspecified atom stereocenters. The Hall–Kier alpha value is -1.60. The number of likely N-dealkylation sites (N-methyl/N-ethyl adjacent to an activating group) is 1. The molecule has 1 rings (SSSR count). The van der Waals surface area contributed by atoms with Gasteiger partial charge in [-0.2, -0.15) is 5.26 Å². The molecule has 0 saturated carbocycles. The third-order valence-corrected chi connectivity index (χ3v) is 2.24. The van der Waals surface area contributed by atoms with E-state index in [9.17, 15) is 0 Å². The van der Waals surface area contributed by atoms with E-state index in [0.29, 0.717) is 10.6 Å². The van der Waals surface area contributed by atoms with E-state index in [1.807, 2.05) is 36.5 Å². The van der Waals surface area contributed by atoms with Crippen LogP contribution in [0.2, 0.25) is 0 Å². The second kappa shape index (κ2) is 4.58. The molecule has 0 bridgehead atoms. The first-order chi connectivity index (χ1) is 6.69. The van der Waals surface area contributed by atoms with Gasteiger partial charge in [0.1, 0.15) is 11.1 Å². The first-order valence-corrected chi connectivity index (χ1v) is 4.54. The van der Waals surface area contributed by atoms with Gasteiger partial charge in [-0.3, -0.25) is 0 Å². The molecule has 72 valence electrons. The molecule has 1 heterocycles. The minimum atomic E-state index is 0.473. The molecule has 0 atom stereocenters. The van der Waals surface area contributed by atoms with Crippen LogP contribution in [0.3, 0.4) is 0 Å². The van der Waals surface area contributed by atoms with E-state index >= 15 is 0 Å². The molecule has 0 aromatic carbocycles. The molecule has 1 aliphatic heterocycles. The first kappa shape index (κ1) is 10.5. The van der Waals surface area contributed by atoms with Crippen LogP contribution in [0, 0.1) is 11.3 Å². The fourth-order valence-electron chi connectivity index (χ4n) is 1.04. The fraction of sp³-hybridized carbons (Fsp3) is 0.200. The fourth-order valence-corrected chi connectivity index (χ4v) is 1.20. The van der Waals surface area contributed by atoms with E-state index in [0.717, 1.165) is 5.57 Å². The molecule has 0 aliphatic carbocycles. The Morgan fingerprint density at radius 1 is 1.50 bits per heavy atom. The molecule has 0 aromatic heterocycles. The Bertz CT molecular complexity index is 355. The number of nitrogens with one attached hydrogen (secondary N) is 1. The van der Waals surface area contributed by atoms with Gasteiger partial charge in [-0.15, -0.1) is 0 Å². The van der Waals surface area contributed by atoms with Gasteiger partial charge in [0.2, 0.25) is 0 Å². The molecule has 0 saturated heterocycles. The summed E-state index contributed by atoms with van der Waals surface area (Å²) in [6, 6.07) is 2.09. The van der Waals surface area contributed by atoms with Gasteiger partial charge in [-0.25, -0.2) is 0 Å². The molecule has 3 nitrogen and oxygen atoms in total. The van der Waals surface area contributed by atoms with Gasteiger partial charge in [0.05, 0.1) is 5.57 Å². The van der Waals surface area contributed by atoms with Crippen molar-refractivity contribution in [3.8, 4) is 6.07 Å². The predicted molar refractivity (Wildman–Crippen MR) is 60.3 cm³/mol. The number of rotatable bonds is 1. The van der Waals surface area contributed by atoms with Gasteiger partial charge < -0.3 is 10.2 Å². The minimum Gasteiger partial charge on any atom is -0.378 e. The molecular weight excluding hydrogens is 194 g/mol. The van der Waals surface area contributed by atoms with Crippen LogP contribution in [-0.2, 0) is 0 Å². The van der Waals surface area contributed by atoms with E-state index in [1.54, 1.807) is 7.05 Å². The molecule has 14 heavy (non-hydrogen) atoms. The van der Waals surface area contributed by atoms with Gasteiger partial charge in [0, 0.05) is 26.5 Å². The Balaban J connectivity index is 3.04. The monoisotopic (exact) mass is 205 g/mol. The summed E-state index contributed by atoms with van der Waals surface area (Å²) in [5.41, 5.74) is 1.34. The maximum Gasteiger partial charge on any atom is 0.117 e. The lowest BCUT2D eigenvalue weighted by Gasteiger charge is -2.13. The highest BCUT2D eigenvalue weighted by Crippen LogP contribution is 2.13. The number of nitrogens with zero attached hydrogens (tertiary/aromatic N) is 2. The van der Waals surface area contributed by atoms with Gasteiger partial charge in [0.15, 0.2) is 0 Å². The van der Waals surface area contributed by atoms with E-state index < -0.39 is 0 Å². The summed E-state index contributed by atoms with van der Waals surface area (Å²) in [6.07, 6.45) is 7.49. The van der Waals surface area contributed by atoms with Crippen molar-refractivity contribution in [1.29, 1.82) is 5.26 Å². The first-order valence-electron chi connectivity index (χ1n) is 4.14. The molecule has 0 aromatic rings. The smallest absolute Gasteiger partial charge is 0.117 e. The summed E-state index contributed by atoms with van der Waals surface area (Å²) in [7, 11) is 3.63. The number of hydrogen-bond donors (Lipinski definition) is 1. The number of hydrogen-bond acceptors (Lipinski definition) is 3. The van der Waals surface area contributed by atoms with Gasteiger partial charge in [-0.05, 0) is 17.7 Å². The van der Waals surface area contributed by atoms with Crippen molar-refractivity contribution >= 4 is 17.2 Å². The molecular formula is C10H11N3S. The molecule has 0 fully saturated rings. The number of allylic oxidation sites excluding steroid dienone is 3. The zero-order valence-electron chi connectivity index (χ0n) is 8.11. The van der Waals surface area contributed by atoms with Gasteiger partial charge in [-0.1, -0.05) is 12.2 Å². The lowest BCUT2D eigenvalue weighted by molar-refractivity contribution is 0.620. The quantitative estimate of drug-likeness (QED) is 0.398. The zero-order valence-corrected chi connectivity index (χ0v) is 8.93. The lowest BCUT2D eigenvalue weighted by Crippen LogP contribution is -2.18. The molecule has 4 heteroatoms. The molecule has 1 aliphatic rings. The summed E-state index contributed by atoms with van der Waals surface area (Å²) in [4.78, 5) is 2.38. The van der Waals surface area contributed by atoms with Crippen LogP contribution in [0.1, 0.15) is 0 Å². The van der Waals surface area contributed by atoms with Gasteiger partial charge >= 0.3 is 0 Å². The van der Waals surface area contributed by atoms with Crippen LogP contribution in [0.5, 0.6) is 0 Å². The van der Waals surface area contributed by atoms with Gasteiger partial charge in [0.25, 0.3) is 0 Å². The maximum atomic E-state index is 8.93. The number of nitriles is 1. The van der Waals surface area contributed by atoms with Crippen molar-refractivity contribution in [3.05, 3.63) is 35.7 Å². The van der Waals surface area contributed by atoms with Crippen molar-refractivity contribution in [2.75, 3.05) is 14.1 Å². The van der Waals surface area contributed by atoms with Crippen molar-refractivity contribution in [1.82, 2.24) is 10.2 Å². The van der Waals surface area contributed by atoms with Crippen LogP contribution in [0.25, 0.3) is 0 Å². The van der Waals surface area contributed by atoms with E-state index in [2.05, 4.69) is 11.4 Å². The summed E-state index contributed by atoms with van der Waals surface area (Å²) < 4.78 is 0. The summed E-state index contributed by atoms with van der Waals surface area (Å²) in [5.74, 6) is 0. The van der Waals surface area contributed by atoms with Crippen LogP contribution < -0.4 is 5.32 Å². The van der Waals surface area contributed by atoms with E-state index in [4.69, 9.17) is 17.5 Å². The second-order valence-electron chi connectivity index (χ2n) is 2.82. The molecule has 0 radical (unpaired) electrons. The van der Waals surface area contributed by atoms with Crippen LogP contribution >= 0.6 is 12.2 Å². The third-order valence-electron chi connectivity index (χ3n) is 1.83. The van der Waals surface area contributed by atoms with E-state index in [1.165, 1.54) is 0 Å². The van der Waals surface area contributed by atoms with Crippen molar-refractivity contribution in [3.63, 3.8) is 0 Å². The topological polar surface area (TPSA) is 39.1 Å². The summed E-state index contributed by atoms with van der Waals surface area (Å²) >= 11 is 5.01. The zero-order chi connectivity index (χ0) is 10.6. The van der Waals surface area contributed by atoms with Crippen LogP contribution in [0.4, 0.5) is 0 Å². The Kier molecular flexibility index (Phi) is 3.43. The van der Waals surface area contributed by atoms with Crippen molar-refractivity contribution in [2.45, 2.75) is 0 Å². The normalized spacial score (nSPS) is 13.8. The third kappa shape index (κ3) is 2.21. The van der Waals surface area contributed by atoms with Crippen molar-refractivity contribution in [2.24, 2.45) is 0 Å². The molecule has 0 spiro atoms. The largest absolute Gasteiger partial charge is 0.378 e. The average molecular weight is 205 g/mol. The highest BCUT2D eigenvalue weighted by Gasteiger charge is 2.08. The minimum absolute atomic E-state index is 0.473. The Labute approximate surface area is 89.0 Å². The van der Waals surface area contributed by atoms with Crippen molar-refractivity contribution < 1.29 is 0 Å². The summed E-state index contributed by atoms with van der Waals surface area (Å²) in [5, 5.41) is 11.7. The average Bonchev–Trinajstić information content (AvgIpc) is 2.21. The maximum absolute atomic E-state index is 8.93. The number of thiocarbonyl (C=S) groups is 1. The lowest BCUT2D eigenvalue weighted by atomic mass is 10.1. The summed E-state index contributed by atoms with van der Waals surface area (Å²) in [6.45, 7) is 0. The van der Waals surface area contributed by atoms with Crippen LogP contribution in [-0.4, -0.2) is 24.0 Å².